The predicted octanol–water partition coefficient (Wildman–Crippen LogP) is 2.71. The van der Waals surface area contributed by atoms with Crippen LogP contribution in [0.3, 0.4) is 0 Å². The second-order valence-electron chi connectivity index (χ2n) is 6.33. The van der Waals surface area contributed by atoms with Crippen LogP contribution >= 0.6 is 0 Å². The van der Waals surface area contributed by atoms with Crippen molar-refractivity contribution in [3.8, 4) is 0 Å². The van der Waals surface area contributed by atoms with Gasteiger partial charge in [-0.1, -0.05) is 0 Å². The maximum absolute atomic E-state index is 5.75. The molecular weight excluding hydrogens is 264 g/mol. The average molecular weight is 290 g/mol. The molecule has 2 fully saturated rings. The van der Waals surface area contributed by atoms with E-state index in [-0.39, 0.29) is 6.10 Å². The molecule has 1 aromatic heterocycles. The van der Waals surface area contributed by atoms with Gasteiger partial charge in [0.15, 0.2) is 0 Å². The van der Waals surface area contributed by atoms with Gasteiger partial charge in [0.1, 0.15) is 17.5 Å². The Labute approximate surface area is 127 Å². The molecule has 0 spiro atoms. The molecule has 1 N–H and O–H groups in total. The summed E-state index contributed by atoms with van der Waals surface area (Å²) in [5.74, 6) is 3.66. The fourth-order valence-electron chi connectivity index (χ4n) is 2.86. The summed E-state index contributed by atoms with van der Waals surface area (Å²) in [6, 6.07) is 0.358. The zero-order valence-electron chi connectivity index (χ0n) is 13.5. The predicted molar refractivity (Wildman–Crippen MR) is 85.1 cm³/mol. The van der Waals surface area contributed by atoms with E-state index in [0.29, 0.717) is 12.0 Å². The Hall–Kier alpha value is -1.36. The van der Waals surface area contributed by atoms with Crippen molar-refractivity contribution in [2.75, 3.05) is 29.9 Å². The highest BCUT2D eigenvalue weighted by molar-refractivity contribution is 5.59. The van der Waals surface area contributed by atoms with Crippen molar-refractivity contribution in [2.45, 2.75) is 58.6 Å². The molecule has 2 aliphatic rings. The van der Waals surface area contributed by atoms with Gasteiger partial charge in [0.25, 0.3) is 0 Å². The minimum Gasteiger partial charge on any atom is -0.375 e. The molecule has 2 heterocycles. The van der Waals surface area contributed by atoms with Crippen molar-refractivity contribution < 1.29 is 4.74 Å². The molecule has 116 valence electrons. The fraction of sp³-hybridized carbons (Fsp3) is 0.750. The van der Waals surface area contributed by atoms with E-state index < -0.39 is 0 Å². The normalized spacial score (nSPS) is 26.0. The molecule has 0 amide bonds. The van der Waals surface area contributed by atoms with Crippen molar-refractivity contribution >= 4 is 11.6 Å². The SMILES string of the molecule is CCNc1nc(C2CC2)nc(N2CC(C)OCC2C)c1C. The Morgan fingerprint density at radius 2 is 2.05 bits per heavy atom. The van der Waals surface area contributed by atoms with Gasteiger partial charge in [-0.05, 0) is 40.5 Å². The molecule has 0 radical (unpaired) electrons. The number of anilines is 2. The van der Waals surface area contributed by atoms with Crippen LogP contribution in [-0.4, -0.2) is 41.8 Å². The van der Waals surface area contributed by atoms with Gasteiger partial charge in [-0.25, -0.2) is 9.97 Å². The van der Waals surface area contributed by atoms with Crippen LogP contribution < -0.4 is 10.2 Å². The minimum atomic E-state index is 0.252. The average Bonchev–Trinajstić information content (AvgIpc) is 3.29. The summed E-state index contributed by atoms with van der Waals surface area (Å²) in [6.07, 6.45) is 2.70. The first-order valence-corrected chi connectivity index (χ1v) is 8.10. The number of rotatable bonds is 4. The number of nitrogens with one attached hydrogen (secondary N) is 1. The fourth-order valence-corrected chi connectivity index (χ4v) is 2.86. The van der Waals surface area contributed by atoms with Crippen LogP contribution in [-0.2, 0) is 4.74 Å². The van der Waals surface area contributed by atoms with Gasteiger partial charge < -0.3 is 15.0 Å². The van der Waals surface area contributed by atoms with Crippen LogP contribution in [0.2, 0.25) is 0 Å². The molecule has 2 unspecified atom stereocenters. The number of hydrogen-bond donors (Lipinski definition) is 1. The van der Waals surface area contributed by atoms with Crippen molar-refractivity contribution in [1.29, 1.82) is 0 Å². The van der Waals surface area contributed by atoms with E-state index in [1.54, 1.807) is 0 Å². The summed E-state index contributed by atoms with van der Waals surface area (Å²) < 4.78 is 5.75. The van der Waals surface area contributed by atoms with Crippen molar-refractivity contribution in [3.05, 3.63) is 11.4 Å². The number of nitrogens with zero attached hydrogens (tertiary/aromatic N) is 3. The largest absolute Gasteiger partial charge is 0.375 e. The van der Waals surface area contributed by atoms with E-state index in [1.807, 2.05) is 0 Å². The van der Waals surface area contributed by atoms with Gasteiger partial charge in [-0.3, -0.25) is 0 Å². The smallest absolute Gasteiger partial charge is 0.137 e. The van der Waals surface area contributed by atoms with Gasteiger partial charge in [-0.15, -0.1) is 0 Å². The lowest BCUT2D eigenvalue weighted by Gasteiger charge is -2.38. The number of ether oxygens (including phenoxy) is 1. The molecule has 3 rings (SSSR count). The highest BCUT2D eigenvalue weighted by atomic mass is 16.5. The van der Waals surface area contributed by atoms with Gasteiger partial charge in [0.2, 0.25) is 0 Å². The molecule has 1 aliphatic heterocycles. The summed E-state index contributed by atoms with van der Waals surface area (Å²) in [6.45, 7) is 11.1. The van der Waals surface area contributed by atoms with Crippen molar-refractivity contribution in [3.63, 3.8) is 0 Å². The molecule has 5 nitrogen and oxygen atoms in total. The summed E-state index contributed by atoms with van der Waals surface area (Å²) in [4.78, 5) is 12.0. The van der Waals surface area contributed by atoms with E-state index >= 15 is 0 Å². The van der Waals surface area contributed by atoms with E-state index in [2.05, 4.69) is 37.9 Å². The van der Waals surface area contributed by atoms with Crippen LogP contribution in [0.1, 0.15) is 50.9 Å². The van der Waals surface area contributed by atoms with Crippen LogP contribution in [0.25, 0.3) is 0 Å². The third kappa shape index (κ3) is 2.98. The Morgan fingerprint density at radius 1 is 1.29 bits per heavy atom. The van der Waals surface area contributed by atoms with Crippen molar-refractivity contribution in [1.82, 2.24) is 9.97 Å². The topological polar surface area (TPSA) is 50.3 Å². The summed E-state index contributed by atoms with van der Waals surface area (Å²) >= 11 is 0. The molecule has 2 atom stereocenters. The van der Waals surface area contributed by atoms with Crippen molar-refractivity contribution in [2.24, 2.45) is 0 Å². The van der Waals surface area contributed by atoms with Gasteiger partial charge in [-0.2, -0.15) is 0 Å². The van der Waals surface area contributed by atoms with E-state index in [9.17, 15) is 0 Å². The number of hydrogen-bond acceptors (Lipinski definition) is 5. The molecule has 0 aromatic carbocycles. The monoisotopic (exact) mass is 290 g/mol. The zero-order chi connectivity index (χ0) is 15.0. The molecule has 1 aliphatic carbocycles. The highest BCUT2D eigenvalue weighted by Gasteiger charge is 2.31. The first-order chi connectivity index (χ1) is 10.1. The standard InChI is InChI=1S/C16H26N4O/c1-5-17-14-12(4)16(19-15(18-14)13-6-7-13)20-8-11(3)21-9-10(20)2/h10-11,13H,5-9H2,1-4H3,(H,17,18,19). The Morgan fingerprint density at radius 3 is 2.71 bits per heavy atom. The van der Waals surface area contributed by atoms with E-state index in [0.717, 1.165) is 42.7 Å². The third-order valence-corrected chi connectivity index (χ3v) is 4.30. The molecule has 1 saturated carbocycles. The second kappa shape index (κ2) is 5.79. The molecule has 5 heteroatoms. The van der Waals surface area contributed by atoms with Crippen LogP contribution in [0.4, 0.5) is 11.6 Å². The summed E-state index contributed by atoms with van der Waals surface area (Å²) in [7, 11) is 0. The molecule has 1 aromatic rings. The van der Waals surface area contributed by atoms with E-state index in [1.165, 1.54) is 12.8 Å². The third-order valence-electron chi connectivity index (χ3n) is 4.30. The molecule has 1 saturated heterocycles. The number of morpholine rings is 1. The molecule has 0 bridgehead atoms. The van der Waals surface area contributed by atoms with Crippen LogP contribution in [0.5, 0.6) is 0 Å². The highest BCUT2D eigenvalue weighted by Crippen LogP contribution is 2.40. The summed E-state index contributed by atoms with van der Waals surface area (Å²) in [5, 5.41) is 3.40. The Balaban J connectivity index is 1.98. The molecular formula is C16H26N4O. The van der Waals surface area contributed by atoms with Gasteiger partial charge >= 0.3 is 0 Å². The van der Waals surface area contributed by atoms with Crippen LogP contribution in [0, 0.1) is 6.92 Å². The lowest BCUT2D eigenvalue weighted by Crippen LogP contribution is -2.48. The summed E-state index contributed by atoms with van der Waals surface area (Å²) in [5.41, 5.74) is 1.15. The maximum atomic E-state index is 5.75. The quantitative estimate of drug-likeness (QED) is 0.924. The Kier molecular flexibility index (Phi) is 4.02. The first-order valence-electron chi connectivity index (χ1n) is 8.10. The van der Waals surface area contributed by atoms with Gasteiger partial charge in [0, 0.05) is 24.6 Å². The zero-order valence-corrected chi connectivity index (χ0v) is 13.5. The van der Waals surface area contributed by atoms with Gasteiger partial charge in [0.05, 0.1) is 18.8 Å². The van der Waals surface area contributed by atoms with E-state index in [4.69, 9.17) is 14.7 Å². The first kappa shape index (κ1) is 14.6. The molecule has 21 heavy (non-hydrogen) atoms. The lowest BCUT2D eigenvalue weighted by atomic mass is 10.1. The Bertz CT molecular complexity index is 515. The second-order valence-corrected chi connectivity index (χ2v) is 6.33. The number of aromatic nitrogens is 2. The minimum absolute atomic E-state index is 0.252. The lowest BCUT2D eigenvalue weighted by molar-refractivity contribution is 0.0340. The van der Waals surface area contributed by atoms with Crippen LogP contribution in [0.15, 0.2) is 0 Å². The maximum Gasteiger partial charge on any atom is 0.137 e.